The van der Waals surface area contributed by atoms with Gasteiger partial charge in [0.05, 0.1) is 18.8 Å². The number of aliphatic imine (C=N–C) groups is 2. The molecular weight excluding hydrogens is 300 g/mol. The lowest BCUT2D eigenvalue weighted by Gasteiger charge is -2.22. The summed E-state index contributed by atoms with van der Waals surface area (Å²) in [6.07, 6.45) is 12.2. The Morgan fingerprint density at radius 2 is 2.12 bits per heavy atom. The summed E-state index contributed by atoms with van der Waals surface area (Å²) in [5.41, 5.74) is 5.20. The fourth-order valence-electron chi connectivity index (χ4n) is 2.68. The largest absolute Gasteiger partial charge is 0.466 e. The van der Waals surface area contributed by atoms with Crippen molar-refractivity contribution in [2.24, 2.45) is 9.98 Å². The molecule has 3 rings (SSSR count). The van der Waals surface area contributed by atoms with Crippen molar-refractivity contribution in [3.05, 3.63) is 71.4 Å². The molecule has 4 nitrogen and oxygen atoms in total. The number of carbonyl (C=O) groups is 1. The number of methoxy groups -OCH3 is 1. The van der Waals surface area contributed by atoms with Crippen molar-refractivity contribution in [3.8, 4) is 0 Å². The van der Waals surface area contributed by atoms with Gasteiger partial charge in [-0.2, -0.15) is 0 Å². The second-order valence-electron chi connectivity index (χ2n) is 5.54. The number of fused-ring (bicyclic) bond motifs is 1. The van der Waals surface area contributed by atoms with Gasteiger partial charge in [-0.25, -0.2) is 4.79 Å². The smallest absolute Gasteiger partial charge is 0.330 e. The van der Waals surface area contributed by atoms with E-state index in [1.165, 1.54) is 18.8 Å². The minimum atomic E-state index is -0.374. The molecule has 0 amide bonds. The van der Waals surface area contributed by atoms with Crippen molar-refractivity contribution in [2.75, 3.05) is 7.11 Å². The maximum absolute atomic E-state index is 11.2. The lowest BCUT2D eigenvalue weighted by Crippen LogP contribution is -2.14. The van der Waals surface area contributed by atoms with Gasteiger partial charge in [0.15, 0.2) is 0 Å². The second kappa shape index (κ2) is 7.04. The highest BCUT2D eigenvalue weighted by Gasteiger charge is 2.18. The Morgan fingerprint density at radius 1 is 1.33 bits per heavy atom. The molecule has 1 heterocycles. The van der Waals surface area contributed by atoms with Gasteiger partial charge in [0.2, 0.25) is 0 Å². The summed E-state index contributed by atoms with van der Waals surface area (Å²) in [5, 5.41) is 0. The lowest BCUT2D eigenvalue weighted by molar-refractivity contribution is -0.134. The van der Waals surface area contributed by atoms with Gasteiger partial charge in [-0.05, 0) is 65.8 Å². The Morgan fingerprint density at radius 3 is 2.83 bits per heavy atom. The SMILES string of the molecule is C=Nc1ccc(C2=CCC3N=CC(/C=C/C(=O)OC)=CC3=C2)cc1. The number of esters is 1. The minimum Gasteiger partial charge on any atom is -0.466 e. The van der Waals surface area contributed by atoms with Gasteiger partial charge < -0.3 is 4.74 Å². The van der Waals surface area contributed by atoms with Crippen LogP contribution in [0.2, 0.25) is 0 Å². The van der Waals surface area contributed by atoms with Crippen LogP contribution in [0.25, 0.3) is 5.57 Å². The van der Waals surface area contributed by atoms with E-state index in [0.29, 0.717) is 0 Å². The maximum atomic E-state index is 11.2. The normalized spacial score (nSPS) is 19.2. The molecule has 0 aromatic heterocycles. The van der Waals surface area contributed by atoms with Crippen LogP contribution in [0.1, 0.15) is 12.0 Å². The molecule has 1 atom stereocenters. The summed E-state index contributed by atoms with van der Waals surface area (Å²) in [5.74, 6) is -0.374. The Kier molecular flexibility index (Phi) is 4.66. The first-order chi connectivity index (χ1) is 11.7. The zero-order valence-corrected chi connectivity index (χ0v) is 13.5. The van der Waals surface area contributed by atoms with Crippen LogP contribution in [-0.2, 0) is 9.53 Å². The molecular formula is C20H18N2O2. The molecule has 0 saturated heterocycles. The van der Waals surface area contributed by atoms with E-state index in [0.717, 1.165) is 28.8 Å². The molecule has 0 saturated carbocycles. The first-order valence-electron chi connectivity index (χ1n) is 7.69. The zero-order chi connectivity index (χ0) is 16.9. The number of carbonyl (C=O) groups excluding carboxylic acids is 1. The predicted octanol–water partition coefficient (Wildman–Crippen LogP) is 3.84. The van der Waals surface area contributed by atoms with Gasteiger partial charge >= 0.3 is 5.97 Å². The van der Waals surface area contributed by atoms with E-state index in [9.17, 15) is 4.79 Å². The first-order valence-corrected chi connectivity index (χ1v) is 7.69. The molecule has 0 bridgehead atoms. The fraction of sp³-hybridized carbons (Fsp3) is 0.150. The monoisotopic (exact) mass is 318 g/mol. The van der Waals surface area contributed by atoms with Crippen molar-refractivity contribution < 1.29 is 9.53 Å². The molecule has 1 aromatic carbocycles. The topological polar surface area (TPSA) is 51.0 Å². The number of benzene rings is 1. The maximum Gasteiger partial charge on any atom is 0.330 e. The third-order valence-corrected chi connectivity index (χ3v) is 4.00. The van der Waals surface area contributed by atoms with E-state index < -0.39 is 0 Å². The van der Waals surface area contributed by atoms with Crippen LogP contribution in [0, 0.1) is 0 Å². The minimum absolute atomic E-state index is 0.151. The van der Waals surface area contributed by atoms with Crippen LogP contribution in [0.5, 0.6) is 0 Å². The van der Waals surface area contributed by atoms with Crippen molar-refractivity contribution >= 4 is 30.2 Å². The molecule has 1 aliphatic heterocycles. The molecule has 0 radical (unpaired) electrons. The number of ether oxygens (including phenoxy) is 1. The molecule has 1 unspecified atom stereocenters. The summed E-state index contributed by atoms with van der Waals surface area (Å²) in [7, 11) is 1.36. The summed E-state index contributed by atoms with van der Waals surface area (Å²) < 4.78 is 4.61. The highest BCUT2D eigenvalue weighted by atomic mass is 16.5. The average Bonchev–Trinajstić information content (AvgIpc) is 2.65. The van der Waals surface area contributed by atoms with Crippen molar-refractivity contribution in [2.45, 2.75) is 12.5 Å². The highest BCUT2D eigenvalue weighted by molar-refractivity contribution is 5.90. The molecule has 24 heavy (non-hydrogen) atoms. The van der Waals surface area contributed by atoms with Gasteiger partial charge in [0.25, 0.3) is 0 Å². The van der Waals surface area contributed by atoms with Gasteiger partial charge in [0, 0.05) is 12.3 Å². The van der Waals surface area contributed by atoms with Crippen molar-refractivity contribution in [1.29, 1.82) is 0 Å². The third kappa shape index (κ3) is 3.49. The van der Waals surface area contributed by atoms with Crippen LogP contribution >= 0.6 is 0 Å². The summed E-state index contributed by atoms with van der Waals surface area (Å²) >= 11 is 0. The third-order valence-electron chi connectivity index (χ3n) is 4.00. The molecule has 4 heteroatoms. The van der Waals surface area contributed by atoms with Gasteiger partial charge in [0.1, 0.15) is 0 Å². The molecule has 1 aliphatic carbocycles. The quantitative estimate of drug-likeness (QED) is 0.481. The van der Waals surface area contributed by atoms with E-state index >= 15 is 0 Å². The summed E-state index contributed by atoms with van der Waals surface area (Å²) in [4.78, 5) is 19.7. The average molecular weight is 318 g/mol. The van der Waals surface area contributed by atoms with E-state index in [2.05, 4.69) is 39.7 Å². The Hall–Kier alpha value is -3.01. The van der Waals surface area contributed by atoms with Crippen molar-refractivity contribution in [3.63, 3.8) is 0 Å². The Labute approximate surface area is 141 Å². The highest BCUT2D eigenvalue weighted by Crippen LogP contribution is 2.31. The van der Waals surface area contributed by atoms with E-state index in [4.69, 9.17) is 0 Å². The van der Waals surface area contributed by atoms with E-state index in [1.54, 1.807) is 12.3 Å². The van der Waals surface area contributed by atoms with Crippen molar-refractivity contribution in [1.82, 2.24) is 0 Å². The first kappa shape index (κ1) is 15.9. The number of hydrogen-bond acceptors (Lipinski definition) is 4. The molecule has 1 aromatic rings. The summed E-state index contributed by atoms with van der Waals surface area (Å²) in [6.45, 7) is 3.53. The van der Waals surface area contributed by atoms with E-state index in [1.807, 2.05) is 24.3 Å². The standard InChI is InChI=1S/C20H18N2O2/c1-21-18-7-4-15(5-8-18)16-6-9-19-17(12-16)11-14(13-22-19)3-10-20(23)24-2/h3-8,10-13,19H,1,9H2,2H3/b10-3+. The number of dihydropyridines is 1. The number of rotatable bonds is 4. The molecule has 0 spiro atoms. The van der Waals surface area contributed by atoms with Crippen LogP contribution < -0.4 is 0 Å². The second-order valence-corrected chi connectivity index (χ2v) is 5.54. The summed E-state index contributed by atoms with van der Waals surface area (Å²) in [6, 6.07) is 8.14. The van der Waals surface area contributed by atoms with E-state index in [-0.39, 0.29) is 12.0 Å². The number of hydrogen-bond donors (Lipinski definition) is 0. The number of nitrogens with zero attached hydrogens (tertiary/aromatic N) is 2. The van der Waals surface area contributed by atoms with Gasteiger partial charge in [-0.3, -0.25) is 9.98 Å². The van der Waals surface area contributed by atoms with Crippen LogP contribution in [0.15, 0.2) is 75.8 Å². The van der Waals surface area contributed by atoms with Crippen LogP contribution in [-0.4, -0.2) is 32.1 Å². The Balaban J connectivity index is 1.83. The van der Waals surface area contributed by atoms with Crippen LogP contribution in [0.4, 0.5) is 5.69 Å². The van der Waals surface area contributed by atoms with Gasteiger partial charge in [-0.1, -0.05) is 18.2 Å². The number of allylic oxidation sites excluding steroid dienone is 4. The lowest BCUT2D eigenvalue weighted by atomic mass is 9.89. The molecule has 0 N–H and O–H groups in total. The fourth-order valence-corrected chi connectivity index (χ4v) is 2.68. The Bertz CT molecular complexity index is 809. The van der Waals surface area contributed by atoms with Gasteiger partial charge in [-0.15, -0.1) is 0 Å². The molecule has 0 fully saturated rings. The molecule has 2 aliphatic rings. The zero-order valence-electron chi connectivity index (χ0n) is 13.5. The van der Waals surface area contributed by atoms with Crippen LogP contribution in [0.3, 0.4) is 0 Å². The predicted molar refractivity (Wildman–Crippen MR) is 97.8 cm³/mol. The molecule has 120 valence electrons.